The number of carbonyl (C=O) groups excluding carboxylic acids is 1. The minimum Gasteiger partial charge on any atom is -0.355 e. The molecule has 2 N–H and O–H groups in total. The average Bonchev–Trinajstić information content (AvgIpc) is 2.68. The third-order valence-corrected chi connectivity index (χ3v) is 5.55. The van der Waals surface area contributed by atoms with E-state index in [-0.39, 0.29) is 10.8 Å². The zero-order valence-corrected chi connectivity index (χ0v) is 15.9. The van der Waals surface area contributed by atoms with Gasteiger partial charge in [0.15, 0.2) is 0 Å². The minimum absolute atomic E-state index is 0.153. The maximum atomic E-state index is 12.5. The number of carbonyl (C=O) groups is 1. The van der Waals surface area contributed by atoms with Crippen molar-refractivity contribution in [2.45, 2.75) is 11.8 Å². The lowest BCUT2D eigenvalue weighted by atomic mass is 10.0. The van der Waals surface area contributed by atoms with Gasteiger partial charge in [-0.05, 0) is 54.4 Å². The molecule has 0 aliphatic heterocycles. The maximum Gasteiger partial charge on any atom is 0.261 e. The van der Waals surface area contributed by atoms with Gasteiger partial charge in [0, 0.05) is 18.3 Å². The van der Waals surface area contributed by atoms with E-state index >= 15 is 0 Å². The van der Waals surface area contributed by atoms with Gasteiger partial charge in [0.1, 0.15) is 0 Å². The Labute approximate surface area is 159 Å². The van der Waals surface area contributed by atoms with Crippen LogP contribution in [0.25, 0.3) is 11.1 Å². The van der Waals surface area contributed by atoms with Gasteiger partial charge >= 0.3 is 0 Å². The summed E-state index contributed by atoms with van der Waals surface area (Å²) in [5, 5.41) is 2.60. The molecule has 0 aliphatic rings. The number of nitrogens with one attached hydrogen (secondary N) is 2. The van der Waals surface area contributed by atoms with Crippen molar-refractivity contribution in [1.29, 1.82) is 0 Å². The van der Waals surface area contributed by atoms with Crippen LogP contribution in [0.5, 0.6) is 0 Å². The molecule has 0 unspecified atom stereocenters. The van der Waals surface area contributed by atoms with Crippen LogP contribution in [0.15, 0.2) is 77.7 Å². The first kappa shape index (κ1) is 18.7. The number of amides is 1. The molecule has 0 spiro atoms. The maximum absolute atomic E-state index is 12.5. The van der Waals surface area contributed by atoms with E-state index in [1.165, 1.54) is 0 Å². The standard InChI is InChI=1S/C21H20N2O3S/c1-15-6-12-20(13-7-15)27(25,26)23-19-10-8-16(9-11-19)17-4-3-5-18(14-17)21(24)22-2/h3-14,23H,1-2H3,(H,22,24). The fourth-order valence-corrected chi connectivity index (χ4v) is 3.71. The van der Waals surface area contributed by atoms with Crippen molar-refractivity contribution < 1.29 is 13.2 Å². The van der Waals surface area contributed by atoms with Crippen LogP contribution in [-0.4, -0.2) is 21.4 Å². The molecule has 3 aromatic rings. The molecule has 0 bridgehead atoms. The van der Waals surface area contributed by atoms with Gasteiger partial charge in [-0.25, -0.2) is 8.42 Å². The Kier molecular flexibility index (Phi) is 5.28. The van der Waals surface area contributed by atoms with Crippen LogP contribution < -0.4 is 10.0 Å². The molecular formula is C21H20N2O3S. The Morgan fingerprint density at radius 3 is 2.15 bits per heavy atom. The summed E-state index contributed by atoms with van der Waals surface area (Å²) < 4.78 is 27.5. The quantitative estimate of drug-likeness (QED) is 0.706. The van der Waals surface area contributed by atoms with E-state index in [4.69, 9.17) is 0 Å². The second-order valence-electron chi connectivity index (χ2n) is 6.16. The van der Waals surface area contributed by atoms with E-state index in [9.17, 15) is 13.2 Å². The Balaban J connectivity index is 1.81. The molecule has 0 saturated heterocycles. The van der Waals surface area contributed by atoms with Crippen molar-refractivity contribution in [1.82, 2.24) is 5.32 Å². The lowest BCUT2D eigenvalue weighted by Crippen LogP contribution is -2.17. The highest BCUT2D eigenvalue weighted by molar-refractivity contribution is 7.92. The van der Waals surface area contributed by atoms with E-state index < -0.39 is 10.0 Å². The highest BCUT2D eigenvalue weighted by atomic mass is 32.2. The summed E-state index contributed by atoms with van der Waals surface area (Å²) in [7, 11) is -2.04. The first-order chi connectivity index (χ1) is 12.9. The second kappa shape index (κ2) is 7.63. The van der Waals surface area contributed by atoms with Crippen molar-refractivity contribution in [2.75, 3.05) is 11.8 Å². The second-order valence-corrected chi connectivity index (χ2v) is 7.84. The topological polar surface area (TPSA) is 75.3 Å². The number of sulfonamides is 1. The van der Waals surface area contributed by atoms with Gasteiger partial charge in [-0.1, -0.05) is 42.0 Å². The fraction of sp³-hybridized carbons (Fsp3) is 0.0952. The molecule has 0 aromatic heterocycles. The number of benzene rings is 3. The van der Waals surface area contributed by atoms with Gasteiger partial charge in [-0.15, -0.1) is 0 Å². The van der Waals surface area contributed by atoms with Gasteiger partial charge in [-0.2, -0.15) is 0 Å². The summed E-state index contributed by atoms with van der Waals surface area (Å²) >= 11 is 0. The summed E-state index contributed by atoms with van der Waals surface area (Å²) in [5.41, 5.74) is 3.81. The highest BCUT2D eigenvalue weighted by Crippen LogP contribution is 2.24. The summed E-state index contributed by atoms with van der Waals surface area (Å²) in [6, 6.07) is 21.0. The molecule has 3 rings (SSSR count). The fourth-order valence-electron chi connectivity index (χ4n) is 2.65. The van der Waals surface area contributed by atoms with Gasteiger partial charge in [0.2, 0.25) is 0 Å². The zero-order valence-electron chi connectivity index (χ0n) is 15.1. The Bertz CT molecular complexity index is 1060. The van der Waals surface area contributed by atoms with Crippen molar-refractivity contribution in [2.24, 2.45) is 0 Å². The smallest absolute Gasteiger partial charge is 0.261 e. The Morgan fingerprint density at radius 2 is 1.52 bits per heavy atom. The predicted molar refractivity (Wildman–Crippen MR) is 107 cm³/mol. The molecule has 0 aliphatic carbocycles. The number of rotatable bonds is 5. The van der Waals surface area contributed by atoms with Crippen molar-refractivity contribution in [3.8, 4) is 11.1 Å². The van der Waals surface area contributed by atoms with E-state index in [2.05, 4.69) is 10.0 Å². The van der Waals surface area contributed by atoms with Gasteiger partial charge in [-0.3, -0.25) is 9.52 Å². The van der Waals surface area contributed by atoms with Crippen LogP contribution in [0.3, 0.4) is 0 Å². The molecular weight excluding hydrogens is 360 g/mol. The molecule has 0 saturated carbocycles. The molecule has 0 heterocycles. The van der Waals surface area contributed by atoms with Crippen LogP contribution in [0.4, 0.5) is 5.69 Å². The summed E-state index contributed by atoms with van der Waals surface area (Å²) in [6.45, 7) is 1.90. The molecule has 0 radical (unpaired) electrons. The van der Waals surface area contributed by atoms with Gasteiger partial charge < -0.3 is 5.32 Å². The molecule has 27 heavy (non-hydrogen) atoms. The van der Waals surface area contributed by atoms with E-state index in [0.717, 1.165) is 16.7 Å². The van der Waals surface area contributed by atoms with E-state index in [1.54, 1.807) is 55.6 Å². The summed E-state index contributed by atoms with van der Waals surface area (Å²) in [6.07, 6.45) is 0. The van der Waals surface area contributed by atoms with Gasteiger partial charge in [0.25, 0.3) is 15.9 Å². The predicted octanol–water partition coefficient (Wildman–Crippen LogP) is 3.82. The average molecular weight is 380 g/mol. The number of hydrogen-bond donors (Lipinski definition) is 2. The van der Waals surface area contributed by atoms with Crippen LogP contribution in [-0.2, 0) is 10.0 Å². The van der Waals surface area contributed by atoms with E-state index in [1.807, 2.05) is 31.2 Å². The number of anilines is 1. The highest BCUT2D eigenvalue weighted by Gasteiger charge is 2.14. The third-order valence-electron chi connectivity index (χ3n) is 4.15. The van der Waals surface area contributed by atoms with Crippen molar-refractivity contribution in [3.05, 3.63) is 83.9 Å². The molecule has 138 valence electrons. The zero-order chi connectivity index (χ0) is 19.4. The first-order valence-electron chi connectivity index (χ1n) is 8.41. The lowest BCUT2D eigenvalue weighted by Gasteiger charge is -2.10. The molecule has 5 nitrogen and oxygen atoms in total. The first-order valence-corrected chi connectivity index (χ1v) is 9.89. The lowest BCUT2D eigenvalue weighted by molar-refractivity contribution is 0.0963. The Hall–Kier alpha value is -3.12. The summed E-state index contributed by atoms with van der Waals surface area (Å²) in [5.74, 6) is -0.153. The van der Waals surface area contributed by atoms with Crippen LogP contribution in [0, 0.1) is 6.92 Å². The van der Waals surface area contributed by atoms with Crippen LogP contribution in [0.2, 0.25) is 0 Å². The molecule has 0 atom stereocenters. The molecule has 0 fully saturated rings. The largest absolute Gasteiger partial charge is 0.355 e. The molecule has 6 heteroatoms. The van der Waals surface area contributed by atoms with E-state index in [0.29, 0.717) is 11.3 Å². The SMILES string of the molecule is CNC(=O)c1cccc(-c2ccc(NS(=O)(=O)c3ccc(C)cc3)cc2)c1. The van der Waals surface area contributed by atoms with Crippen LogP contribution >= 0.6 is 0 Å². The summed E-state index contributed by atoms with van der Waals surface area (Å²) in [4.78, 5) is 12.0. The molecule has 1 amide bonds. The van der Waals surface area contributed by atoms with Crippen molar-refractivity contribution >= 4 is 21.6 Å². The number of hydrogen-bond acceptors (Lipinski definition) is 3. The normalized spacial score (nSPS) is 11.0. The molecule has 3 aromatic carbocycles. The monoisotopic (exact) mass is 380 g/mol. The third kappa shape index (κ3) is 4.35. The van der Waals surface area contributed by atoms with Gasteiger partial charge in [0.05, 0.1) is 4.90 Å². The van der Waals surface area contributed by atoms with Crippen LogP contribution in [0.1, 0.15) is 15.9 Å². The minimum atomic E-state index is -3.63. The Morgan fingerprint density at radius 1 is 0.852 bits per heavy atom. The van der Waals surface area contributed by atoms with Crippen molar-refractivity contribution in [3.63, 3.8) is 0 Å². The number of aryl methyl sites for hydroxylation is 1.